The highest BCUT2D eigenvalue weighted by Gasteiger charge is 2.10. The molecule has 0 aliphatic heterocycles. The van der Waals surface area contributed by atoms with Crippen LogP contribution in [0.1, 0.15) is 24.7 Å². The van der Waals surface area contributed by atoms with Gasteiger partial charge in [0.2, 0.25) is 0 Å². The molecule has 0 saturated carbocycles. The molecule has 2 rings (SSSR count). The molecule has 0 aliphatic carbocycles. The summed E-state index contributed by atoms with van der Waals surface area (Å²) < 4.78 is 2.14. The van der Waals surface area contributed by atoms with Gasteiger partial charge in [-0.2, -0.15) is 0 Å². The van der Waals surface area contributed by atoms with Gasteiger partial charge in [-0.25, -0.2) is 0 Å². The van der Waals surface area contributed by atoms with Crippen molar-refractivity contribution < 1.29 is 0 Å². The third kappa shape index (κ3) is 4.76. The molecule has 4 nitrogen and oxygen atoms in total. The number of aromatic nitrogens is 3. The van der Waals surface area contributed by atoms with Crippen LogP contribution in [0.2, 0.25) is 0 Å². The zero-order valence-corrected chi connectivity index (χ0v) is 14.2. The summed E-state index contributed by atoms with van der Waals surface area (Å²) in [7, 11) is 0. The summed E-state index contributed by atoms with van der Waals surface area (Å²) in [6.45, 7) is 5.65. The van der Waals surface area contributed by atoms with Crippen molar-refractivity contribution in [2.45, 2.75) is 43.4 Å². The van der Waals surface area contributed by atoms with Gasteiger partial charge in [-0.3, -0.25) is 0 Å². The van der Waals surface area contributed by atoms with Gasteiger partial charge in [0.05, 0.1) is 6.54 Å². The highest BCUT2D eigenvalue weighted by atomic mass is 32.2. The van der Waals surface area contributed by atoms with E-state index >= 15 is 0 Å². The molecule has 1 heterocycles. The Labute approximate surface area is 134 Å². The molecule has 1 aromatic heterocycles. The quantitative estimate of drug-likeness (QED) is 0.597. The molecule has 0 amide bonds. The second kappa shape index (κ2) is 8.46. The molecule has 0 atom stereocenters. The maximum Gasteiger partial charge on any atom is 0.191 e. The maximum atomic E-state index is 5.70. The van der Waals surface area contributed by atoms with Crippen molar-refractivity contribution in [3.8, 4) is 0 Å². The second-order valence-corrected chi connectivity index (χ2v) is 6.99. The molecule has 0 spiro atoms. The lowest BCUT2D eigenvalue weighted by Crippen LogP contribution is -2.09. The van der Waals surface area contributed by atoms with E-state index in [0.29, 0.717) is 6.54 Å². The Hall–Kier alpha value is -0.980. The maximum absolute atomic E-state index is 5.70. The fourth-order valence-corrected chi connectivity index (χ4v) is 3.82. The van der Waals surface area contributed by atoms with Crippen LogP contribution in [-0.4, -0.2) is 26.3 Å². The minimum Gasteiger partial charge on any atom is -0.324 e. The third-order valence-corrected chi connectivity index (χ3v) is 5.27. The molecule has 0 fully saturated rings. The van der Waals surface area contributed by atoms with E-state index in [-0.39, 0.29) is 0 Å². The second-order valence-electron chi connectivity index (χ2n) is 4.76. The van der Waals surface area contributed by atoms with Crippen LogP contribution in [0.25, 0.3) is 0 Å². The molecule has 0 unspecified atom stereocenters. The number of thioether (sulfide) groups is 2. The first-order valence-corrected chi connectivity index (χ1v) is 9.16. The summed E-state index contributed by atoms with van der Waals surface area (Å²) in [4.78, 5) is 1.32. The van der Waals surface area contributed by atoms with Crippen LogP contribution in [0.3, 0.4) is 0 Å². The van der Waals surface area contributed by atoms with E-state index in [0.717, 1.165) is 35.5 Å². The lowest BCUT2D eigenvalue weighted by molar-refractivity contribution is 0.592. The fourth-order valence-electron chi connectivity index (χ4n) is 1.95. The van der Waals surface area contributed by atoms with Gasteiger partial charge >= 0.3 is 0 Å². The van der Waals surface area contributed by atoms with Gasteiger partial charge in [-0.15, -0.1) is 22.0 Å². The molecular formula is C15H22N4S2. The number of aryl methyl sites for hydroxylation is 1. The zero-order valence-electron chi connectivity index (χ0n) is 12.6. The van der Waals surface area contributed by atoms with Crippen molar-refractivity contribution in [1.82, 2.24) is 14.8 Å². The topological polar surface area (TPSA) is 56.7 Å². The molecule has 1 aromatic carbocycles. The molecule has 0 radical (unpaired) electrons. The standard InChI is InChI=1S/C15H22N4S2/c1-3-8-19-14(11-16)17-18-15(19)21-10-9-20-13-6-4-12(2)5-7-13/h4-7H,3,8-11,16H2,1-2H3. The summed E-state index contributed by atoms with van der Waals surface area (Å²) in [6, 6.07) is 8.66. The van der Waals surface area contributed by atoms with Crippen LogP contribution < -0.4 is 5.73 Å². The van der Waals surface area contributed by atoms with E-state index in [1.807, 2.05) is 11.8 Å². The van der Waals surface area contributed by atoms with E-state index in [1.54, 1.807) is 11.8 Å². The largest absolute Gasteiger partial charge is 0.324 e. The Morgan fingerprint density at radius 1 is 1.10 bits per heavy atom. The van der Waals surface area contributed by atoms with Crippen molar-refractivity contribution in [1.29, 1.82) is 0 Å². The van der Waals surface area contributed by atoms with E-state index in [1.165, 1.54) is 10.5 Å². The van der Waals surface area contributed by atoms with Gasteiger partial charge in [0.25, 0.3) is 0 Å². The zero-order chi connectivity index (χ0) is 15.1. The lowest BCUT2D eigenvalue weighted by atomic mass is 10.2. The van der Waals surface area contributed by atoms with E-state index in [4.69, 9.17) is 5.73 Å². The van der Waals surface area contributed by atoms with Crippen molar-refractivity contribution in [2.24, 2.45) is 5.73 Å². The van der Waals surface area contributed by atoms with Gasteiger partial charge in [-0.05, 0) is 25.5 Å². The predicted octanol–water partition coefficient (Wildman–Crippen LogP) is 3.34. The third-order valence-electron chi connectivity index (χ3n) is 3.03. The van der Waals surface area contributed by atoms with E-state index in [9.17, 15) is 0 Å². The summed E-state index contributed by atoms with van der Waals surface area (Å²) in [5.41, 5.74) is 7.00. The average molecular weight is 323 g/mol. The van der Waals surface area contributed by atoms with Gasteiger partial charge in [0, 0.05) is 22.9 Å². The first-order chi connectivity index (χ1) is 10.2. The van der Waals surface area contributed by atoms with Gasteiger partial charge in [0.1, 0.15) is 5.82 Å². The van der Waals surface area contributed by atoms with Crippen LogP contribution in [0.15, 0.2) is 34.3 Å². The number of hydrogen-bond acceptors (Lipinski definition) is 5. The van der Waals surface area contributed by atoms with Crippen LogP contribution in [-0.2, 0) is 13.1 Å². The Bertz CT molecular complexity index is 551. The summed E-state index contributed by atoms with van der Waals surface area (Å²) in [5.74, 6) is 2.96. The summed E-state index contributed by atoms with van der Waals surface area (Å²) >= 11 is 3.64. The average Bonchev–Trinajstić information content (AvgIpc) is 2.88. The minimum absolute atomic E-state index is 0.450. The molecule has 21 heavy (non-hydrogen) atoms. The number of nitrogens with zero attached hydrogens (tertiary/aromatic N) is 3. The molecule has 0 saturated heterocycles. The molecule has 0 aliphatic rings. The van der Waals surface area contributed by atoms with Gasteiger partial charge in [-0.1, -0.05) is 36.4 Å². The lowest BCUT2D eigenvalue weighted by Gasteiger charge is -2.07. The minimum atomic E-state index is 0.450. The van der Waals surface area contributed by atoms with Gasteiger partial charge in [0.15, 0.2) is 5.16 Å². The highest BCUT2D eigenvalue weighted by Crippen LogP contribution is 2.23. The van der Waals surface area contributed by atoms with Crippen LogP contribution in [0.5, 0.6) is 0 Å². The van der Waals surface area contributed by atoms with Crippen molar-refractivity contribution in [3.05, 3.63) is 35.7 Å². The monoisotopic (exact) mass is 322 g/mol. The number of nitrogens with two attached hydrogens (primary N) is 1. The van der Waals surface area contributed by atoms with E-state index < -0.39 is 0 Å². The normalized spacial score (nSPS) is 11.0. The summed E-state index contributed by atoms with van der Waals surface area (Å²) in [5, 5.41) is 9.40. The van der Waals surface area contributed by atoms with Crippen LogP contribution in [0, 0.1) is 6.92 Å². The first kappa shape index (κ1) is 16.4. The smallest absolute Gasteiger partial charge is 0.191 e. The Balaban J connectivity index is 1.83. The van der Waals surface area contributed by atoms with Crippen LogP contribution in [0.4, 0.5) is 0 Å². The molecule has 114 valence electrons. The highest BCUT2D eigenvalue weighted by molar-refractivity contribution is 8.02. The number of benzene rings is 1. The Morgan fingerprint density at radius 2 is 1.81 bits per heavy atom. The van der Waals surface area contributed by atoms with Crippen molar-refractivity contribution >= 4 is 23.5 Å². The summed E-state index contributed by atoms with van der Waals surface area (Å²) in [6.07, 6.45) is 1.07. The Kier molecular flexibility index (Phi) is 6.60. The van der Waals surface area contributed by atoms with Gasteiger partial charge < -0.3 is 10.3 Å². The van der Waals surface area contributed by atoms with Crippen LogP contribution >= 0.6 is 23.5 Å². The number of hydrogen-bond donors (Lipinski definition) is 1. The molecule has 6 heteroatoms. The molecule has 2 N–H and O–H groups in total. The predicted molar refractivity (Wildman–Crippen MR) is 90.8 cm³/mol. The number of rotatable bonds is 8. The fraction of sp³-hybridized carbons (Fsp3) is 0.467. The van der Waals surface area contributed by atoms with Crippen molar-refractivity contribution in [2.75, 3.05) is 11.5 Å². The molecule has 0 bridgehead atoms. The van der Waals surface area contributed by atoms with Crippen molar-refractivity contribution in [3.63, 3.8) is 0 Å². The first-order valence-electron chi connectivity index (χ1n) is 7.19. The molecule has 2 aromatic rings. The SMILES string of the molecule is CCCn1c(CN)nnc1SCCSc1ccc(C)cc1. The van der Waals surface area contributed by atoms with E-state index in [2.05, 4.69) is 52.9 Å². The molecular weight excluding hydrogens is 300 g/mol. The Morgan fingerprint density at radius 3 is 2.48 bits per heavy atom.